The molecule has 0 aliphatic rings. The highest BCUT2D eigenvalue weighted by Gasteiger charge is 2.27. The highest BCUT2D eigenvalue weighted by atomic mass is 32.2. The van der Waals surface area contributed by atoms with E-state index < -0.39 is 22.0 Å². The zero-order valence-electron chi connectivity index (χ0n) is 12.4. The first-order valence-corrected chi connectivity index (χ1v) is 8.25. The summed E-state index contributed by atoms with van der Waals surface area (Å²) in [7, 11) is -3.88. The van der Waals surface area contributed by atoms with Crippen LogP contribution in [0.1, 0.15) is 41.0 Å². The van der Waals surface area contributed by atoms with Gasteiger partial charge < -0.3 is 10.8 Å². The first kappa shape index (κ1) is 16.3. The van der Waals surface area contributed by atoms with Gasteiger partial charge in [0.1, 0.15) is 0 Å². The summed E-state index contributed by atoms with van der Waals surface area (Å²) >= 11 is 0. The van der Waals surface area contributed by atoms with Gasteiger partial charge in [-0.1, -0.05) is 24.6 Å². The van der Waals surface area contributed by atoms with Crippen LogP contribution >= 0.6 is 0 Å². The third-order valence-electron chi connectivity index (χ3n) is 3.49. The molecular formula is C15H18N2O4S. The van der Waals surface area contributed by atoms with Crippen molar-refractivity contribution in [3.8, 4) is 0 Å². The van der Waals surface area contributed by atoms with Crippen molar-refractivity contribution in [3.63, 3.8) is 0 Å². The zero-order chi connectivity index (χ0) is 16.5. The molecule has 22 heavy (non-hydrogen) atoms. The molecule has 2 rings (SSSR count). The highest BCUT2D eigenvalue weighted by molar-refractivity contribution is 7.90. The monoisotopic (exact) mass is 322 g/mol. The van der Waals surface area contributed by atoms with Crippen molar-refractivity contribution in [3.05, 3.63) is 53.3 Å². The lowest BCUT2D eigenvalue weighted by atomic mass is 10.1. The standard InChI is InChI=1S/C15H18N2O4S/c1-3-13(16)14-12(15(18)19)8-9-17(14)22(20,21)11-6-4-10(2)5-7-11/h4-9,13H,3,16H2,1-2H3,(H,18,19). The predicted octanol–water partition coefficient (Wildman–Crippen LogP) is 2.14. The molecule has 2 aromatic rings. The Labute approximate surface area is 129 Å². The molecule has 0 radical (unpaired) electrons. The molecule has 1 unspecified atom stereocenters. The maximum Gasteiger partial charge on any atom is 0.337 e. The summed E-state index contributed by atoms with van der Waals surface area (Å²) in [4.78, 5) is 11.4. The Bertz CT molecular complexity index is 791. The molecule has 0 fully saturated rings. The summed E-state index contributed by atoms with van der Waals surface area (Å²) in [5.74, 6) is -1.20. The third kappa shape index (κ3) is 2.77. The smallest absolute Gasteiger partial charge is 0.337 e. The van der Waals surface area contributed by atoms with Crippen LogP contribution in [0.5, 0.6) is 0 Å². The van der Waals surface area contributed by atoms with Gasteiger partial charge in [-0.05, 0) is 31.5 Å². The van der Waals surface area contributed by atoms with Gasteiger partial charge in [0.05, 0.1) is 16.2 Å². The minimum atomic E-state index is -3.88. The molecule has 6 nitrogen and oxygen atoms in total. The number of carbonyl (C=O) groups is 1. The Morgan fingerprint density at radius 2 is 1.86 bits per heavy atom. The number of nitrogens with zero attached hydrogens (tertiary/aromatic N) is 1. The molecule has 0 aliphatic carbocycles. The first-order valence-electron chi connectivity index (χ1n) is 6.81. The van der Waals surface area contributed by atoms with Gasteiger partial charge in [-0.15, -0.1) is 0 Å². The molecule has 0 spiro atoms. The number of aromatic carboxylic acids is 1. The van der Waals surface area contributed by atoms with E-state index in [0.717, 1.165) is 9.54 Å². The lowest BCUT2D eigenvalue weighted by Gasteiger charge is -2.16. The number of carboxylic acid groups (broad SMARTS) is 1. The molecule has 1 heterocycles. The number of carboxylic acids is 1. The van der Waals surface area contributed by atoms with E-state index in [1.165, 1.54) is 24.4 Å². The Kier molecular flexibility index (Phi) is 4.39. The molecular weight excluding hydrogens is 304 g/mol. The van der Waals surface area contributed by atoms with E-state index in [2.05, 4.69) is 0 Å². The van der Waals surface area contributed by atoms with Crippen LogP contribution in [0, 0.1) is 6.92 Å². The second-order valence-electron chi connectivity index (χ2n) is 5.05. The van der Waals surface area contributed by atoms with Gasteiger partial charge in [-0.25, -0.2) is 17.2 Å². The second-order valence-corrected chi connectivity index (χ2v) is 6.86. The van der Waals surface area contributed by atoms with Crippen LogP contribution in [0.4, 0.5) is 0 Å². The van der Waals surface area contributed by atoms with Crippen LogP contribution in [-0.2, 0) is 10.0 Å². The van der Waals surface area contributed by atoms with Crippen LogP contribution in [0.25, 0.3) is 0 Å². The molecule has 0 aliphatic heterocycles. The fourth-order valence-electron chi connectivity index (χ4n) is 2.20. The van der Waals surface area contributed by atoms with Gasteiger partial charge in [0, 0.05) is 12.2 Å². The summed E-state index contributed by atoms with van der Waals surface area (Å²) < 4.78 is 26.4. The van der Waals surface area contributed by atoms with E-state index in [9.17, 15) is 18.3 Å². The number of aromatic nitrogens is 1. The van der Waals surface area contributed by atoms with Crippen molar-refractivity contribution in [2.24, 2.45) is 5.73 Å². The normalized spacial score (nSPS) is 13.0. The van der Waals surface area contributed by atoms with Crippen molar-refractivity contribution >= 4 is 16.0 Å². The average Bonchev–Trinajstić information content (AvgIpc) is 2.92. The van der Waals surface area contributed by atoms with Gasteiger partial charge in [0.15, 0.2) is 0 Å². The van der Waals surface area contributed by atoms with Crippen molar-refractivity contribution < 1.29 is 18.3 Å². The van der Waals surface area contributed by atoms with Crippen molar-refractivity contribution in [1.82, 2.24) is 3.97 Å². The van der Waals surface area contributed by atoms with Crippen LogP contribution in [-0.4, -0.2) is 23.5 Å². The summed E-state index contributed by atoms with van der Waals surface area (Å²) in [6.07, 6.45) is 1.66. The van der Waals surface area contributed by atoms with Crippen LogP contribution in [0.15, 0.2) is 41.4 Å². The SMILES string of the molecule is CCC(N)c1c(C(=O)O)ccn1S(=O)(=O)c1ccc(C)cc1. The lowest BCUT2D eigenvalue weighted by molar-refractivity contribution is 0.0695. The number of rotatable bonds is 5. The third-order valence-corrected chi connectivity index (χ3v) is 5.19. The quantitative estimate of drug-likeness (QED) is 0.878. The number of benzene rings is 1. The predicted molar refractivity (Wildman–Crippen MR) is 82.4 cm³/mol. The van der Waals surface area contributed by atoms with Gasteiger partial charge in [-0.2, -0.15) is 0 Å². The molecule has 0 saturated carbocycles. The Morgan fingerprint density at radius 1 is 1.27 bits per heavy atom. The molecule has 0 amide bonds. The van der Waals surface area contributed by atoms with Gasteiger partial charge in [0.25, 0.3) is 10.0 Å². The molecule has 0 saturated heterocycles. The van der Waals surface area contributed by atoms with Crippen molar-refractivity contribution in [2.75, 3.05) is 0 Å². The Hall–Kier alpha value is -2.12. The van der Waals surface area contributed by atoms with Crippen LogP contribution < -0.4 is 5.73 Å². The topological polar surface area (TPSA) is 102 Å². The average molecular weight is 322 g/mol. The van der Waals surface area contributed by atoms with Crippen molar-refractivity contribution in [2.45, 2.75) is 31.2 Å². The minimum Gasteiger partial charge on any atom is -0.478 e. The number of aryl methyl sites for hydroxylation is 1. The molecule has 0 bridgehead atoms. The molecule has 1 atom stereocenters. The highest BCUT2D eigenvalue weighted by Crippen LogP contribution is 2.25. The fraction of sp³-hybridized carbons (Fsp3) is 0.267. The van der Waals surface area contributed by atoms with E-state index in [1.54, 1.807) is 19.1 Å². The molecule has 3 N–H and O–H groups in total. The van der Waals surface area contributed by atoms with E-state index in [-0.39, 0.29) is 16.2 Å². The van der Waals surface area contributed by atoms with Crippen molar-refractivity contribution in [1.29, 1.82) is 0 Å². The van der Waals surface area contributed by atoms with E-state index in [0.29, 0.717) is 6.42 Å². The van der Waals surface area contributed by atoms with Gasteiger partial charge >= 0.3 is 5.97 Å². The number of hydrogen-bond donors (Lipinski definition) is 2. The number of hydrogen-bond acceptors (Lipinski definition) is 4. The van der Waals surface area contributed by atoms with E-state index in [1.807, 2.05) is 6.92 Å². The molecule has 1 aromatic carbocycles. The first-order chi connectivity index (χ1) is 10.3. The number of nitrogens with two attached hydrogens (primary N) is 1. The van der Waals surface area contributed by atoms with Crippen LogP contribution in [0.3, 0.4) is 0 Å². The fourth-order valence-corrected chi connectivity index (χ4v) is 3.62. The van der Waals surface area contributed by atoms with Crippen LogP contribution in [0.2, 0.25) is 0 Å². The maximum absolute atomic E-state index is 12.7. The van der Waals surface area contributed by atoms with Gasteiger partial charge in [-0.3, -0.25) is 0 Å². The minimum absolute atomic E-state index is 0.0926. The lowest BCUT2D eigenvalue weighted by Crippen LogP contribution is -2.22. The largest absolute Gasteiger partial charge is 0.478 e. The molecule has 1 aromatic heterocycles. The summed E-state index contributed by atoms with van der Waals surface area (Å²) in [6.45, 7) is 3.62. The van der Waals surface area contributed by atoms with Gasteiger partial charge in [0.2, 0.25) is 0 Å². The Balaban J connectivity index is 2.66. The summed E-state index contributed by atoms with van der Waals surface area (Å²) in [6, 6.07) is 6.95. The second kappa shape index (κ2) is 5.94. The summed E-state index contributed by atoms with van der Waals surface area (Å²) in [5, 5.41) is 9.23. The maximum atomic E-state index is 12.7. The van der Waals surface area contributed by atoms with E-state index in [4.69, 9.17) is 5.73 Å². The molecule has 118 valence electrons. The van der Waals surface area contributed by atoms with E-state index >= 15 is 0 Å². The zero-order valence-corrected chi connectivity index (χ0v) is 13.2. The molecule has 7 heteroatoms. The Morgan fingerprint density at radius 3 is 2.36 bits per heavy atom. The summed E-state index contributed by atoms with van der Waals surface area (Å²) in [5.41, 5.74) is 6.86.